The normalized spacial score (nSPS) is 20.2. The Morgan fingerprint density at radius 3 is 3.06 bits per heavy atom. The number of nitrogens with zero attached hydrogens (tertiary/aromatic N) is 3. The zero-order valence-electron chi connectivity index (χ0n) is 10.9. The third-order valence-electron chi connectivity index (χ3n) is 2.92. The fourth-order valence-corrected chi connectivity index (χ4v) is 3.13. The van der Waals surface area contributed by atoms with Gasteiger partial charge in [-0.05, 0) is 19.8 Å². The van der Waals surface area contributed by atoms with Crippen molar-refractivity contribution in [1.29, 1.82) is 0 Å². The number of amides is 1. The maximum absolute atomic E-state index is 12.4. The van der Waals surface area contributed by atoms with Crippen LogP contribution in [0.4, 0.5) is 5.69 Å². The number of hydrogen-bond donors (Lipinski definition) is 0. The molecule has 0 aliphatic carbocycles. The molecule has 2 rings (SSSR count). The largest absolute Gasteiger partial charge is 0.309 e. The van der Waals surface area contributed by atoms with Gasteiger partial charge in [0.25, 0.3) is 0 Å². The molecule has 1 amide bonds. The number of aromatic nitrogens is 2. The molecule has 1 saturated heterocycles. The van der Waals surface area contributed by atoms with Gasteiger partial charge in [-0.2, -0.15) is 5.10 Å². The van der Waals surface area contributed by atoms with Gasteiger partial charge in [0.15, 0.2) is 0 Å². The Balaban J connectivity index is 2.04. The summed E-state index contributed by atoms with van der Waals surface area (Å²) in [6.07, 6.45) is 5.66. The molecule has 0 bridgehead atoms. The number of hydrogen-bond acceptors (Lipinski definition) is 3. The van der Waals surface area contributed by atoms with Crippen molar-refractivity contribution in [2.45, 2.75) is 25.0 Å². The molecule has 1 aromatic rings. The molecular weight excluding hydrogens is 246 g/mol. The van der Waals surface area contributed by atoms with Crippen molar-refractivity contribution in [3.63, 3.8) is 0 Å². The van der Waals surface area contributed by atoms with Crippen LogP contribution < -0.4 is 4.90 Å². The van der Waals surface area contributed by atoms with E-state index in [9.17, 15) is 4.79 Å². The second kappa shape index (κ2) is 5.61. The van der Waals surface area contributed by atoms with Gasteiger partial charge < -0.3 is 4.90 Å². The van der Waals surface area contributed by atoms with Crippen LogP contribution >= 0.6 is 11.8 Å². The van der Waals surface area contributed by atoms with Crippen LogP contribution in [0.2, 0.25) is 0 Å². The number of anilines is 1. The summed E-state index contributed by atoms with van der Waals surface area (Å²) in [5.74, 6) is 1.07. The monoisotopic (exact) mass is 265 g/mol. The molecule has 1 fully saturated rings. The average Bonchev–Trinajstić information content (AvgIpc) is 2.74. The SMILES string of the molecule is C=C(C)CS[C@H]1CCCN(c2cnn(C)c2)C1=O. The standard InChI is InChI=1S/C13H19N3OS/c1-10(2)9-18-12-5-4-6-16(13(12)17)11-7-14-15(3)8-11/h7-8,12H,1,4-6,9H2,2-3H3/t12-/m0/s1. The van der Waals surface area contributed by atoms with Crippen LogP contribution in [0.25, 0.3) is 0 Å². The van der Waals surface area contributed by atoms with Gasteiger partial charge in [0.05, 0.1) is 17.1 Å². The first kappa shape index (κ1) is 13.2. The summed E-state index contributed by atoms with van der Waals surface area (Å²) in [6, 6.07) is 0. The van der Waals surface area contributed by atoms with Gasteiger partial charge in [-0.1, -0.05) is 12.2 Å². The van der Waals surface area contributed by atoms with Crippen molar-refractivity contribution in [2.24, 2.45) is 7.05 Å². The van der Waals surface area contributed by atoms with Gasteiger partial charge in [0.2, 0.25) is 5.91 Å². The van der Waals surface area contributed by atoms with Gasteiger partial charge in [0.1, 0.15) is 0 Å². The lowest BCUT2D eigenvalue weighted by atomic mass is 10.1. The number of carbonyl (C=O) groups is 1. The van der Waals surface area contributed by atoms with E-state index in [1.54, 1.807) is 22.6 Å². The second-order valence-corrected chi connectivity index (χ2v) is 5.95. The van der Waals surface area contributed by atoms with Crippen molar-refractivity contribution >= 4 is 23.4 Å². The summed E-state index contributed by atoms with van der Waals surface area (Å²) in [5.41, 5.74) is 2.02. The Labute approximate surface area is 112 Å². The zero-order valence-corrected chi connectivity index (χ0v) is 11.7. The minimum atomic E-state index is 0.0654. The van der Waals surface area contributed by atoms with E-state index in [0.717, 1.165) is 36.4 Å². The molecule has 1 aliphatic heterocycles. The van der Waals surface area contributed by atoms with Gasteiger partial charge in [-0.15, -0.1) is 11.8 Å². The van der Waals surface area contributed by atoms with E-state index >= 15 is 0 Å². The number of thioether (sulfide) groups is 1. The number of piperidine rings is 1. The van der Waals surface area contributed by atoms with Crippen LogP contribution in [-0.2, 0) is 11.8 Å². The van der Waals surface area contributed by atoms with Gasteiger partial charge >= 0.3 is 0 Å². The second-order valence-electron chi connectivity index (χ2n) is 4.76. The third kappa shape index (κ3) is 2.96. The molecule has 0 unspecified atom stereocenters. The predicted molar refractivity (Wildman–Crippen MR) is 75.9 cm³/mol. The maximum atomic E-state index is 12.4. The molecule has 2 heterocycles. The molecular formula is C13H19N3OS. The molecule has 1 atom stereocenters. The van der Waals surface area contributed by atoms with Crippen molar-refractivity contribution in [1.82, 2.24) is 9.78 Å². The van der Waals surface area contributed by atoms with Crippen LogP contribution in [-0.4, -0.2) is 33.2 Å². The Hall–Kier alpha value is -1.23. The predicted octanol–water partition coefficient (Wildman–Crippen LogP) is 2.22. The molecule has 0 N–H and O–H groups in total. The fraction of sp³-hybridized carbons (Fsp3) is 0.538. The van der Waals surface area contributed by atoms with Crippen LogP contribution in [0.5, 0.6) is 0 Å². The first-order valence-electron chi connectivity index (χ1n) is 6.14. The summed E-state index contributed by atoms with van der Waals surface area (Å²) < 4.78 is 1.73. The molecule has 1 aromatic heterocycles. The molecule has 1 aliphatic rings. The maximum Gasteiger partial charge on any atom is 0.240 e. The minimum Gasteiger partial charge on any atom is -0.309 e. The van der Waals surface area contributed by atoms with Crippen molar-refractivity contribution in [3.8, 4) is 0 Å². The third-order valence-corrected chi connectivity index (χ3v) is 4.42. The lowest BCUT2D eigenvalue weighted by molar-refractivity contribution is -0.119. The van der Waals surface area contributed by atoms with E-state index in [0.29, 0.717) is 0 Å². The van der Waals surface area contributed by atoms with Crippen LogP contribution in [0.3, 0.4) is 0 Å². The minimum absolute atomic E-state index is 0.0654. The van der Waals surface area contributed by atoms with Gasteiger partial charge in [0, 0.05) is 25.5 Å². The van der Waals surface area contributed by atoms with E-state index in [-0.39, 0.29) is 11.2 Å². The summed E-state index contributed by atoms with van der Waals surface area (Å²) in [7, 11) is 1.87. The average molecular weight is 265 g/mol. The van der Waals surface area contributed by atoms with Crippen LogP contribution in [0, 0.1) is 0 Å². The fourth-order valence-electron chi connectivity index (χ4n) is 2.04. The molecule has 0 aromatic carbocycles. The first-order chi connectivity index (χ1) is 8.58. The summed E-state index contributed by atoms with van der Waals surface area (Å²) >= 11 is 1.70. The number of rotatable bonds is 4. The summed E-state index contributed by atoms with van der Waals surface area (Å²) in [4.78, 5) is 14.2. The van der Waals surface area contributed by atoms with Crippen LogP contribution in [0.15, 0.2) is 24.5 Å². The zero-order chi connectivity index (χ0) is 13.1. The van der Waals surface area contributed by atoms with Crippen molar-refractivity contribution < 1.29 is 4.79 Å². The summed E-state index contributed by atoms with van der Waals surface area (Å²) in [6.45, 7) is 6.69. The molecule has 0 spiro atoms. The van der Waals surface area contributed by atoms with Crippen molar-refractivity contribution in [2.75, 3.05) is 17.2 Å². The molecule has 0 radical (unpaired) electrons. The van der Waals surface area contributed by atoms with E-state index in [4.69, 9.17) is 0 Å². The molecule has 4 nitrogen and oxygen atoms in total. The van der Waals surface area contributed by atoms with Crippen molar-refractivity contribution in [3.05, 3.63) is 24.5 Å². The highest BCUT2D eigenvalue weighted by Gasteiger charge is 2.30. The quantitative estimate of drug-likeness (QED) is 0.784. The van der Waals surface area contributed by atoms with E-state index in [2.05, 4.69) is 11.7 Å². The Morgan fingerprint density at radius 1 is 1.67 bits per heavy atom. The number of aryl methyl sites for hydroxylation is 1. The highest BCUT2D eigenvalue weighted by Crippen LogP contribution is 2.28. The highest BCUT2D eigenvalue weighted by molar-refractivity contribution is 8.00. The molecule has 98 valence electrons. The topological polar surface area (TPSA) is 38.1 Å². The molecule has 5 heteroatoms. The Morgan fingerprint density at radius 2 is 2.44 bits per heavy atom. The Bertz CT molecular complexity index is 455. The van der Waals surface area contributed by atoms with E-state index in [1.165, 1.54) is 0 Å². The highest BCUT2D eigenvalue weighted by atomic mass is 32.2. The van der Waals surface area contributed by atoms with E-state index in [1.807, 2.05) is 25.1 Å². The lowest BCUT2D eigenvalue weighted by Crippen LogP contribution is -2.43. The number of carbonyl (C=O) groups excluding carboxylic acids is 1. The van der Waals surface area contributed by atoms with E-state index < -0.39 is 0 Å². The van der Waals surface area contributed by atoms with Gasteiger partial charge in [-0.3, -0.25) is 9.48 Å². The lowest BCUT2D eigenvalue weighted by Gasteiger charge is -2.31. The van der Waals surface area contributed by atoms with Gasteiger partial charge in [-0.25, -0.2) is 0 Å². The van der Waals surface area contributed by atoms with Crippen LogP contribution in [0.1, 0.15) is 19.8 Å². The smallest absolute Gasteiger partial charge is 0.240 e. The molecule has 18 heavy (non-hydrogen) atoms. The summed E-state index contributed by atoms with van der Waals surface area (Å²) in [5, 5.41) is 4.19. The first-order valence-corrected chi connectivity index (χ1v) is 7.19. The molecule has 0 saturated carbocycles. The Kier molecular flexibility index (Phi) is 4.11.